The molecule has 0 radical (unpaired) electrons. The van der Waals surface area contributed by atoms with E-state index in [-0.39, 0.29) is 0 Å². The first-order valence-electron chi connectivity index (χ1n) is 9.54. The van der Waals surface area contributed by atoms with Crippen LogP contribution in [0.2, 0.25) is 0 Å². The van der Waals surface area contributed by atoms with Crippen molar-refractivity contribution in [2.45, 2.75) is 23.8 Å². The van der Waals surface area contributed by atoms with E-state index in [1.807, 2.05) is 18.3 Å². The molecule has 2 heterocycles. The van der Waals surface area contributed by atoms with Crippen molar-refractivity contribution < 1.29 is 0 Å². The second kappa shape index (κ2) is 8.80. The van der Waals surface area contributed by atoms with Crippen molar-refractivity contribution in [3.05, 3.63) is 60.8 Å². The third-order valence-electron chi connectivity index (χ3n) is 5.14. The van der Waals surface area contributed by atoms with E-state index in [0.717, 1.165) is 37.4 Å². The van der Waals surface area contributed by atoms with Gasteiger partial charge in [0.15, 0.2) is 5.11 Å². The van der Waals surface area contributed by atoms with Crippen LogP contribution in [0.5, 0.6) is 0 Å². The van der Waals surface area contributed by atoms with Crippen LogP contribution in [0, 0.1) is 0 Å². The largest absolute Gasteiger partial charge is 0.360 e. The number of pyridine rings is 1. The second-order valence-corrected chi connectivity index (χ2v) is 8.17. The summed E-state index contributed by atoms with van der Waals surface area (Å²) in [4.78, 5) is 8.24. The Hall–Kier alpha value is -2.31. The summed E-state index contributed by atoms with van der Waals surface area (Å²) in [6, 6.07) is 19.2. The molecule has 4 rings (SSSR count). The Morgan fingerprint density at radius 2 is 1.82 bits per heavy atom. The summed E-state index contributed by atoms with van der Waals surface area (Å²) in [6.45, 7) is 1.95. The molecular weight excluding hydrogens is 384 g/mol. The molecule has 1 aromatic heterocycles. The molecule has 2 N–H and O–H groups in total. The van der Waals surface area contributed by atoms with Crippen molar-refractivity contribution in [1.29, 1.82) is 0 Å². The summed E-state index contributed by atoms with van der Waals surface area (Å²) in [5, 5.41) is 10.0. The normalized spacial score (nSPS) is 14.8. The van der Waals surface area contributed by atoms with E-state index in [1.54, 1.807) is 11.8 Å². The molecule has 1 saturated heterocycles. The van der Waals surface area contributed by atoms with Crippen molar-refractivity contribution in [3.63, 3.8) is 0 Å². The molecule has 28 heavy (non-hydrogen) atoms. The Balaban J connectivity index is 1.36. The van der Waals surface area contributed by atoms with Gasteiger partial charge >= 0.3 is 0 Å². The first kappa shape index (κ1) is 19.0. The lowest BCUT2D eigenvalue weighted by Gasteiger charge is -2.34. The van der Waals surface area contributed by atoms with Gasteiger partial charge in [-0.25, -0.2) is 4.98 Å². The fraction of sp³-hybridized carbons (Fsp3) is 0.273. The number of nitrogens with one attached hydrogen (secondary N) is 2. The zero-order chi connectivity index (χ0) is 19.3. The monoisotopic (exact) mass is 408 g/mol. The Kier molecular flexibility index (Phi) is 5.98. The summed E-state index contributed by atoms with van der Waals surface area (Å²) in [7, 11) is 0. The van der Waals surface area contributed by atoms with Crippen LogP contribution in [-0.2, 0) is 0 Å². The smallest absolute Gasteiger partial charge is 0.171 e. The standard InChI is InChI=1S/C22H24N4S2/c1-28-20-9-5-4-8-19(20)25-22(27)24-17-11-14-26(15-12-17)21-18-7-3-2-6-16(18)10-13-23-21/h2-10,13,17H,11-12,14-15H2,1H3,(H2,24,25,27). The topological polar surface area (TPSA) is 40.2 Å². The highest BCUT2D eigenvalue weighted by atomic mass is 32.2. The summed E-state index contributed by atoms with van der Waals surface area (Å²) in [6.07, 6.45) is 6.06. The highest BCUT2D eigenvalue weighted by Gasteiger charge is 2.22. The SMILES string of the molecule is CSc1ccccc1NC(=S)NC1CCN(c2nccc3ccccc23)CC1. The van der Waals surface area contributed by atoms with Gasteiger partial charge in [-0.15, -0.1) is 11.8 Å². The van der Waals surface area contributed by atoms with Crippen molar-refractivity contribution in [3.8, 4) is 0 Å². The van der Waals surface area contributed by atoms with Crippen LogP contribution in [0.4, 0.5) is 11.5 Å². The lowest BCUT2D eigenvalue weighted by atomic mass is 10.0. The van der Waals surface area contributed by atoms with Crippen LogP contribution in [0.3, 0.4) is 0 Å². The average molecular weight is 409 g/mol. The zero-order valence-electron chi connectivity index (χ0n) is 15.9. The van der Waals surface area contributed by atoms with Crippen LogP contribution >= 0.6 is 24.0 Å². The van der Waals surface area contributed by atoms with Crippen LogP contribution in [0.25, 0.3) is 10.8 Å². The molecule has 3 aromatic rings. The number of piperidine rings is 1. The van der Waals surface area contributed by atoms with Gasteiger partial charge in [0.25, 0.3) is 0 Å². The van der Waals surface area contributed by atoms with E-state index < -0.39 is 0 Å². The molecule has 0 bridgehead atoms. The number of rotatable bonds is 4. The molecule has 0 spiro atoms. The van der Waals surface area contributed by atoms with Gasteiger partial charge in [-0.2, -0.15) is 0 Å². The molecule has 1 aliphatic rings. The first-order valence-corrected chi connectivity index (χ1v) is 11.2. The Labute approximate surface area is 175 Å². The van der Waals surface area contributed by atoms with E-state index in [0.29, 0.717) is 11.2 Å². The number of thiocarbonyl (C=S) groups is 1. The van der Waals surface area contributed by atoms with Crippen LogP contribution in [-0.4, -0.2) is 35.5 Å². The predicted octanol–water partition coefficient (Wildman–Crippen LogP) is 4.91. The average Bonchev–Trinajstić information content (AvgIpc) is 2.74. The maximum absolute atomic E-state index is 5.55. The Morgan fingerprint density at radius 3 is 2.64 bits per heavy atom. The lowest BCUT2D eigenvalue weighted by molar-refractivity contribution is 0.467. The summed E-state index contributed by atoms with van der Waals surface area (Å²) < 4.78 is 0. The number of hydrogen-bond donors (Lipinski definition) is 2. The van der Waals surface area contributed by atoms with Crippen molar-refractivity contribution in [1.82, 2.24) is 10.3 Å². The van der Waals surface area contributed by atoms with Gasteiger partial charge in [-0.1, -0.05) is 36.4 Å². The molecule has 1 fully saturated rings. The van der Waals surface area contributed by atoms with E-state index >= 15 is 0 Å². The minimum atomic E-state index is 0.382. The molecule has 1 aliphatic heterocycles. The van der Waals surface area contributed by atoms with Crippen molar-refractivity contribution >= 4 is 51.4 Å². The van der Waals surface area contributed by atoms with Gasteiger partial charge in [0.2, 0.25) is 0 Å². The Bertz CT molecular complexity index is 962. The van der Waals surface area contributed by atoms with Gasteiger partial charge in [0.1, 0.15) is 5.82 Å². The maximum Gasteiger partial charge on any atom is 0.171 e. The quantitative estimate of drug-likeness (QED) is 0.472. The van der Waals surface area contributed by atoms with Gasteiger partial charge in [-0.3, -0.25) is 0 Å². The van der Waals surface area contributed by atoms with E-state index in [2.05, 4.69) is 69.2 Å². The number of benzene rings is 2. The van der Waals surface area contributed by atoms with Gasteiger partial charge in [0, 0.05) is 35.6 Å². The molecule has 2 aromatic carbocycles. The summed E-state index contributed by atoms with van der Waals surface area (Å²) in [5.74, 6) is 1.09. The molecule has 4 nitrogen and oxygen atoms in total. The summed E-state index contributed by atoms with van der Waals surface area (Å²) in [5.41, 5.74) is 1.06. The van der Waals surface area contributed by atoms with Crippen molar-refractivity contribution in [2.75, 3.05) is 29.6 Å². The number of fused-ring (bicyclic) bond motifs is 1. The number of thioether (sulfide) groups is 1. The third-order valence-corrected chi connectivity index (χ3v) is 6.15. The Morgan fingerprint density at radius 1 is 1.07 bits per heavy atom. The minimum absolute atomic E-state index is 0.382. The second-order valence-electron chi connectivity index (χ2n) is 6.92. The minimum Gasteiger partial charge on any atom is -0.360 e. The van der Waals surface area contributed by atoms with E-state index in [1.165, 1.54) is 15.7 Å². The number of nitrogens with zero attached hydrogens (tertiary/aromatic N) is 2. The van der Waals surface area contributed by atoms with E-state index in [9.17, 15) is 0 Å². The number of hydrogen-bond acceptors (Lipinski definition) is 4. The lowest BCUT2D eigenvalue weighted by Crippen LogP contribution is -2.46. The van der Waals surface area contributed by atoms with Crippen LogP contribution < -0.4 is 15.5 Å². The first-order chi connectivity index (χ1) is 13.7. The number of anilines is 2. The van der Waals surface area contributed by atoms with Crippen LogP contribution in [0.1, 0.15) is 12.8 Å². The van der Waals surface area contributed by atoms with Gasteiger partial charge in [0.05, 0.1) is 5.69 Å². The van der Waals surface area contributed by atoms with Crippen molar-refractivity contribution in [2.24, 2.45) is 0 Å². The molecule has 6 heteroatoms. The zero-order valence-corrected chi connectivity index (χ0v) is 17.5. The third kappa shape index (κ3) is 4.23. The highest BCUT2D eigenvalue weighted by Crippen LogP contribution is 2.27. The van der Waals surface area contributed by atoms with Gasteiger partial charge in [-0.05, 0) is 54.9 Å². The fourth-order valence-electron chi connectivity index (χ4n) is 3.68. The number of para-hydroxylation sites is 1. The molecule has 0 aliphatic carbocycles. The fourth-order valence-corrected chi connectivity index (χ4v) is 4.51. The molecule has 0 saturated carbocycles. The highest BCUT2D eigenvalue weighted by molar-refractivity contribution is 7.98. The molecule has 0 amide bonds. The molecular formula is C22H24N4S2. The van der Waals surface area contributed by atoms with E-state index in [4.69, 9.17) is 12.2 Å². The molecule has 144 valence electrons. The summed E-state index contributed by atoms with van der Waals surface area (Å²) >= 11 is 7.27. The van der Waals surface area contributed by atoms with Crippen LogP contribution in [0.15, 0.2) is 65.7 Å². The molecule has 0 atom stereocenters. The van der Waals surface area contributed by atoms with Gasteiger partial charge < -0.3 is 15.5 Å². The number of aromatic nitrogens is 1. The molecule has 0 unspecified atom stereocenters. The predicted molar refractivity (Wildman–Crippen MR) is 125 cm³/mol. The maximum atomic E-state index is 5.55.